The first kappa shape index (κ1) is 20.9. The van der Waals surface area contributed by atoms with E-state index in [-0.39, 0.29) is 18.0 Å². The minimum absolute atomic E-state index is 0.0271. The average Bonchev–Trinajstić information content (AvgIpc) is 2.62. The summed E-state index contributed by atoms with van der Waals surface area (Å²) >= 11 is 0. The van der Waals surface area contributed by atoms with Crippen LogP contribution in [-0.2, 0) is 16.0 Å². The van der Waals surface area contributed by atoms with E-state index in [1.54, 1.807) is 11.0 Å². The molecule has 1 atom stereocenters. The maximum Gasteiger partial charge on any atom is 0.410 e. The Morgan fingerprint density at radius 3 is 2.54 bits per heavy atom. The van der Waals surface area contributed by atoms with Crippen LogP contribution in [0.1, 0.15) is 33.3 Å². The van der Waals surface area contributed by atoms with Crippen LogP contribution in [0.2, 0.25) is 0 Å². The van der Waals surface area contributed by atoms with Crippen molar-refractivity contribution < 1.29 is 18.7 Å². The van der Waals surface area contributed by atoms with Crippen LogP contribution in [0.4, 0.5) is 14.9 Å². The van der Waals surface area contributed by atoms with Crippen molar-refractivity contribution in [2.24, 2.45) is 0 Å². The minimum atomic E-state index is -0.501. The van der Waals surface area contributed by atoms with Crippen molar-refractivity contribution in [3.63, 3.8) is 0 Å². The van der Waals surface area contributed by atoms with Gasteiger partial charge < -0.3 is 19.3 Å². The molecule has 2 aliphatic rings. The number of nitrogens with zero attached hydrogens (tertiary/aromatic N) is 3. The minimum Gasteiger partial charge on any atom is -0.444 e. The first-order chi connectivity index (χ1) is 13.2. The molecule has 156 valence electrons. The highest BCUT2D eigenvalue weighted by molar-refractivity contribution is 5.68. The first-order valence-electron chi connectivity index (χ1n) is 10.1. The van der Waals surface area contributed by atoms with Crippen molar-refractivity contribution >= 4 is 11.8 Å². The molecule has 2 aliphatic heterocycles. The lowest BCUT2D eigenvalue weighted by Gasteiger charge is -2.40. The number of carbonyl (C=O) groups is 1. The SMILES string of the molecule is C[C@@H]1CN(Cc2ccc(N3CCOCC3)cc2F)CCN1C(=O)OC(C)(C)C. The van der Waals surface area contributed by atoms with Gasteiger partial charge in [0, 0.05) is 56.6 Å². The standard InChI is InChI=1S/C21H32FN3O3/c1-16-14-23(7-8-25(16)20(26)28-21(2,3)4)15-17-5-6-18(13-19(17)22)24-9-11-27-12-10-24/h5-6,13,16H,7-12,14-15H2,1-4H3/t16-/m1/s1. The normalized spacial score (nSPS) is 21.7. The number of anilines is 1. The van der Waals surface area contributed by atoms with Gasteiger partial charge in [-0.15, -0.1) is 0 Å². The van der Waals surface area contributed by atoms with Gasteiger partial charge in [0.2, 0.25) is 0 Å². The molecule has 2 saturated heterocycles. The second-order valence-electron chi connectivity index (χ2n) is 8.63. The molecule has 0 unspecified atom stereocenters. The molecule has 1 amide bonds. The molecule has 2 fully saturated rings. The molecule has 7 heteroatoms. The van der Waals surface area contributed by atoms with Crippen LogP contribution in [-0.4, -0.2) is 73.5 Å². The lowest BCUT2D eigenvalue weighted by Crippen LogP contribution is -2.54. The fraction of sp³-hybridized carbons (Fsp3) is 0.667. The maximum atomic E-state index is 14.7. The van der Waals surface area contributed by atoms with E-state index in [4.69, 9.17) is 9.47 Å². The molecule has 0 aromatic heterocycles. The fourth-order valence-corrected chi connectivity index (χ4v) is 3.69. The molecule has 0 aliphatic carbocycles. The molecule has 1 aromatic carbocycles. The third-order valence-electron chi connectivity index (χ3n) is 5.15. The zero-order valence-electron chi connectivity index (χ0n) is 17.4. The van der Waals surface area contributed by atoms with Crippen LogP contribution in [0, 0.1) is 5.82 Å². The van der Waals surface area contributed by atoms with Gasteiger partial charge in [-0.25, -0.2) is 9.18 Å². The quantitative estimate of drug-likeness (QED) is 0.790. The van der Waals surface area contributed by atoms with Gasteiger partial charge in [-0.2, -0.15) is 0 Å². The lowest BCUT2D eigenvalue weighted by atomic mass is 10.1. The number of hydrogen-bond donors (Lipinski definition) is 0. The predicted octanol–water partition coefficient (Wildman–Crippen LogP) is 3.10. The van der Waals surface area contributed by atoms with Gasteiger partial charge in [0.15, 0.2) is 0 Å². The van der Waals surface area contributed by atoms with Crippen molar-refractivity contribution in [1.29, 1.82) is 0 Å². The molecule has 0 bridgehead atoms. The summed E-state index contributed by atoms with van der Waals surface area (Å²) in [6, 6.07) is 5.52. The number of ether oxygens (including phenoxy) is 2. The van der Waals surface area contributed by atoms with Gasteiger partial charge in [0.05, 0.1) is 13.2 Å². The number of rotatable bonds is 3. The molecule has 0 radical (unpaired) electrons. The summed E-state index contributed by atoms with van der Waals surface area (Å²) in [5.74, 6) is -0.175. The highest BCUT2D eigenvalue weighted by atomic mass is 19.1. The van der Waals surface area contributed by atoms with E-state index in [0.717, 1.165) is 18.8 Å². The van der Waals surface area contributed by atoms with Crippen LogP contribution in [0.15, 0.2) is 18.2 Å². The van der Waals surface area contributed by atoms with E-state index < -0.39 is 5.60 Å². The second kappa shape index (κ2) is 8.66. The summed E-state index contributed by atoms with van der Waals surface area (Å²) in [7, 11) is 0. The van der Waals surface area contributed by atoms with E-state index in [1.165, 1.54) is 0 Å². The third kappa shape index (κ3) is 5.35. The Morgan fingerprint density at radius 2 is 1.93 bits per heavy atom. The monoisotopic (exact) mass is 393 g/mol. The maximum absolute atomic E-state index is 14.7. The Balaban J connectivity index is 1.57. The van der Waals surface area contributed by atoms with Crippen LogP contribution in [0.5, 0.6) is 0 Å². The molecule has 1 aromatic rings. The molecule has 28 heavy (non-hydrogen) atoms. The predicted molar refractivity (Wildman–Crippen MR) is 107 cm³/mol. The molecular formula is C21H32FN3O3. The van der Waals surface area contributed by atoms with Crippen molar-refractivity contribution in [1.82, 2.24) is 9.80 Å². The number of morpholine rings is 1. The Bertz CT molecular complexity index is 686. The Labute approximate surface area is 167 Å². The van der Waals surface area contributed by atoms with Gasteiger partial charge in [-0.1, -0.05) is 6.07 Å². The zero-order valence-corrected chi connectivity index (χ0v) is 17.4. The summed E-state index contributed by atoms with van der Waals surface area (Å²) in [4.78, 5) is 18.4. The number of hydrogen-bond acceptors (Lipinski definition) is 5. The van der Waals surface area contributed by atoms with Gasteiger partial charge in [-0.3, -0.25) is 4.90 Å². The second-order valence-corrected chi connectivity index (χ2v) is 8.63. The average molecular weight is 394 g/mol. The molecular weight excluding hydrogens is 361 g/mol. The van der Waals surface area contributed by atoms with Gasteiger partial charge >= 0.3 is 6.09 Å². The number of amides is 1. The van der Waals surface area contributed by atoms with E-state index in [0.29, 0.717) is 45.0 Å². The van der Waals surface area contributed by atoms with Crippen molar-refractivity contribution in [3.8, 4) is 0 Å². The van der Waals surface area contributed by atoms with Crippen LogP contribution in [0.25, 0.3) is 0 Å². The third-order valence-corrected chi connectivity index (χ3v) is 5.15. The van der Waals surface area contributed by atoms with Gasteiger partial charge in [-0.05, 0) is 39.8 Å². The summed E-state index contributed by atoms with van der Waals surface area (Å²) in [6.45, 7) is 13.1. The van der Waals surface area contributed by atoms with E-state index in [1.807, 2.05) is 39.8 Å². The summed E-state index contributed by atoms with van der Waals surface area (Å²) in [5, 5.41) is 0. The Kier molecular flexibility index (Phi) is 6.45. The van der Waals surface area contributed by atoms with E-state index in [2.05, 4.69) is 9.80 Å². The first-order valence-corrected chi connectivity index (χ1v) is 10.1. The van der Waals surface area contributed by atoms with Gasteiger partial charge in [0.1, 0.15) is 11.4 Å². The van der Waals surface area contributed by atoms with E-state index in [9.17, 15) is 9.18 Å². The summed E-state index contributed by atoms with van der Waals surface area (Å²) in [6.07, 6.45) is -0.277. The smallest absolute Gasteiger partial charge is 0.410 e. The number of carbonyl (C=O) groups excluding carboxylic acids is 1. The Hall–Kier alpha value is -1.86. The van der Waals surface area contributed by atoms with Crippen molar-refractivity contribution in [2.45, 2.75) is 45.9 Å². The molecule has 0 N–H and O–H groups in total. The molecule has 0 spiro atoms. The highest BCUT2D eigenvalue weighted by Crippen LogP contribution is 2.22. The number of piperazine rings is 1. The summed E-state index contributed by atoms with van der Waals surface area (Å²) < 4.78 is 25.5. The van der Waals surface area contributed by atoms with Crippen molar-refractivity contribution in [3.05, 3.63) is 29.6 Å². The number of benzene rings is 1. The summed E-state index contributed by atoms with van der Waals surface area (Å²) in [5.41, 5.74) is 1.10. The molecule has 3 rings (SSSR count). The Morgan fingerprint density at radius 1 is 1.21 bits per heavy atom. The molecule has 0 saturated carbocycles. The largest absolute Gasteiger partial charge is 0.444 e. The topological polar surface area (TPSA) is 45.2 Å². The molecule has 2 heterocycles. The zero-order chi connectivity index (χ0) is 20.3. The fourth-order valence-electron chi connectivity index (χ4n) is 3.69. The van der Waals surface area contributed by atoms with E-state index >= 15 is 0 Å². The van der Waals surface area contributed by atoms with Crippen LogP contribution >= 0.6 is 0 Å². The van der Waals surface area contributed by atoms with Gasteiger partial charge in [0.25, 0.3) is 0 Å². The van der Waals surface area contributed by atoms with Crippen LogP contribution < -0.4 is 4.90 Å². The lowest BCUT2D eigenvalue weighted by molar-refractivity contribution is 0.000440. The van der Waals surface area contributed by atoms with Crippen molar-refractivity contribution in [2.75, 3.05) is 50.8 Å². The highest BCUT2D eigenvalue weighted by Gasteiger charge is 2.31. The molecule has 6 nitrogen and oxygen atoms in total. The number of halogens is 1. The van der Waals surface area contributed by atoms with Crippen LogP contribution in [0.3, 0.4) is 0 Å².